The molecule has 0 saturated heterocycles. The van der Waals surface area contributed by atoms with Gasteiger partial charge in [0.2, 0.25) is 5.91 Å². The van der Waals surface area contributed by atoms with Gasteiger partial charge < -0.3 is 4.90 Å². The lowest BCUT2D eigenvalue weighted by atomic mass is 9.87. The molecule has 0 spiro atoms. The van der Waals surface area contributed by atoms with Gasteiger partial charge in [-0.2, -0.15) is 0 Å². The van der Waals surface area contributed by atoms with E-state index in [2.05, 4.69) is 31.2 Å². The Kier molecular flexibility index (Phi) is 4.27. The molecule has 3 heteroatoms. The van der Waals surface area contributed by atoms with Crippen molar-refractivity contribution in [1.82, 2.24) is 0 Å². The van der Waals surface area contributed by atoms with Crippen molar-refractivity contribution in [2.75, 3.05) is 4.90 Å². The summed E-state index contributed by atoms with van der Waals surface area (Å²) in [5, 5.41) is -0.703. The van der Waals surface area contributed by atoms with E-state index in [0.717, 1.165) is 22.4 Å². The number of fused-ring (bicyclic) bond motifs is 1. The number of carbonyl (C=O) groups excluding carboxylic acids is 1. The number of nitrogens with zero attached hydrogens (tertiary/aromatic N) is 1. The molecule has 0 N–H and O–H groups in total. The minimum absolute atomic E-state index is 0.0940. The highest BCUT2D eigenvalue weighted by molar-refractivity contribution is 6.33. The van der Waals surface area contributed by atoms with Crippen LogP contribution < -0.4 is 4.90 Å². The van der Waals surface area contributed by atoms with E-state index in [1.807, 2.05) is 56.0 Å². The first-order chi connectivity index (χ1) is 11.3. The molecule has 0 fully saturated rings. The zero-order valence-corrected chi connectivity index (χ0v) is 15.3. The van der Waals surface area contributed by atoms with Crippen LogP contribution in [0.1, 0.15) is 42.8 Å². The quantitative estimate of drug-likeness (QED) is 0.661. The van der Waals surface area contributed by atoms with Crippen LogP contribution in [0.15, 0.2) is 54.6 Å². The van der Waals surface area contributed by atoms with E-state index in [0.29, 0.717) is 0 Å². The van der Waals surface area contributed by atoms with Gasteiger partial charge in [0.1, 0.15) is 5.38 Å². The Balaban J connectivity index is 2.09. The molecule has 0 saturated carbocycles. The number of hydrogen-bond donors (Lipinski definition) is 0. The summed E-state index contributed by atoms with van der Waals surface area (Å²) < 4.78 is 0. The van der Waals surface area contributed by atoms with Crippen LogP contribution in [0.25, 0.3) is 5.57 Å². The van der Waals surface area contributed by atoms with Crippen LogP contribution in [-0.4, -0.2) is 11.4 Å². The Labute approximate surface area is 148 Å². The molecule has 1 atom stereocenters. The molecule has 1 aliphatic rings. The third-order valence-electron chi connectivity index (χ3n) is 4.49. The first-order valence-corrected chi connectivity index (χ1v) is 8.58. The Bertz CT molecular complexity index is 808. The number of benzene rings is 2. The molecule has 0 bridgehead atoms. The zero-order valence-electron chi connectivity index (χ0n) is 14.5. The van der Waals surface area contributed by atoms with Crippen molar-refractivity contribution in [3.05, 3.63) is 71.3 Å². The van der Waals surface area contributed by atoms with E-state index < -0.39 is 10.9 Å². The van der Waals surface area contributed by atoms with Crippen LogP contribution in [0.4, 0.5) is 5.69 Å². The van der Waals surface area contributed by atoms with Crippen molar-refractivity contribution in [2.45, 2.75) is 38.6 Å². The summed E-state index contributed by atoms with van der Waals surface area (Å²) in [6.07, 6.45) is 2.14. The van der Waals surface area contributed by atoms with Gasteiger partial charge >= 0.3 is 0 Å². The number of hydrogen-bond acceptors (Lipinski definition) is 1. The monoisotopic (exact) mass is 339 g/mol. The molecule has 1 unspecified atom stereocenters. The second-order valence-corrected chi connectivity index (χ2v) is 7.38. The lowest BCUT2D eigenvalue weighted by Gasteiger charge is -2.42. The minimum Gasteiger partial charge on any atom is -0.301 e. The summed E-state index contributed by atoms with van der Waals surface area (Å²) in [5.41, 5.74) is 4.73. The number of halogens is 1. The Morgan fingerprint density at radius 2 is 1.75 bits per heavy atom. The number of rotatable bonds is 2. The van der Waals surface area contributed by atoms with E-state index in [4.69, 9.17) is 11.6 Å². The van der Waals surface area contributed by atoms with Gasteiger partial charge in [-0.15, -0.1) is 11.6 Å². The smallest absolute Gasteiger partial charge is 0.250 e. The second-order valence-electron chi connectivity index (χ2n) is 6.95. The molecular weight excluding hydrogens is 318 g/mol. The van der Waals surface area contributed by atoms with Gasteiger partial charge in [0, 0.05) is 5.56 Å². The summed E-state index contributed by atoms with van der Waals surface area (Å²) in [6, 6.07) is 15.7. The van der Waals surface area contributed by atoms with Crippen LogP contribution in [-0.2, 0) is 4.79 Å². The van der Waals surface area contributed by atoms with Gasteiger partial charge in [0.15, 0.2) is 0 Å². The summed E-state index contributed by atoms with van der Waals surface area (Å²) in [6.45, 7) is 8.23. The molecule has 1 aliphatic heterocycles. The molecular formula is C21H22ClNO. The molecule has 3 rings (SSSR count). The largest absolute Gasteiger partial charge is 0.301 e. The van der Waals surface area contributed by atoms with Gasteiger partial charge in [-0.25, -0.2) is 0 Å². The van der Waals surface area contributed by atoms with Crippen molar-refractivity contribution < 1.29 is 4.79 Å². The Morgan fingerprint density at radius 1 is 1.08 bits per heavy atom. The molecule has 0 aliphatic carbocycles. The zero-order chi connectivity index (χ0) is 17.5. The van der Waals surface area contributed by atoms with Crippen molar-refractivity contribution in [2.24, 2.45) is 0 Å². The van der Waals surface area contributed by atoms with Crippen LogP contribution >= 0.6 is 11.6 Å². The van der Waals surface area contributed by atoms with Crippen LogP contribution in [0, 0.1) is 6.92 Å². The van der Waals surface area contributed by atoms with E-state index in [-0.39, 0.29) is 5.91 Å². The van der Waals surface area contributed by atoms with E-state index in [1.54, 1.807) is 0 Å². The molecule has 1 heterocycles. The molecule has 1 amide bonds. The number of amides is 1. The highest BCUT2D eigenvalue weighted by atomic mass is 35.5. The number of anilines is 1. The van der Waals surface area contributed by atoms with Crippen molar-refractivity contribution >= 4 is 28.8 Å². The SMILES string of the molecule is CC1=CC(C)(C)N(C(=O)C(Cl)c2ccccc2)c2cc(C)ccc21. The number of aryl methyl sites for hydroxylation is 1. The maximum atomic E-state index is 13.3. The fourth-order valence-electron chi connectivity index (χ4n) is 3.42. The second kappa shape index (κ2) is 6.10. The van der Waals surface area contributed by atoms with Gasteiger partial charge in [-0.3, -0.25) is 4.79 Å². The highest BCUT2D eigenvalue weighted by Gasteiger charge is 2.38. The lowest BCUT2D eigenvalue weighted by Crippen LogP contribution is -2.50. The number of allylic oxidation sites excluding steroid dienone is 1. The van der Waals surface area contributed by atoms with E-state index in [1.165, 1.54) is 5.57 Å². The van der Waals surface area contributed by atoms with Crippen molar-refractivity contribution in [3.63, 3.8) is 0 Å². The van der Waals surface area contributed by atoms with Crippen LogP contribution in [0.3, 0.4) is 0 Å². The number of carbonyl (C=O) groups is 1. The third-order valence-corrected chi connectivity index (χ3v) is 4.93. The molecule has 0 aromatic heterocycles. The van der Waals surface area contributed by atoms with E-state index in [9.17, 15) is 4.79 Å². The summed E-state index contributed by atoms with van der Waals surface area (Å²) in [7, 11) is 0. The first kappa shape index (κ1) is 16.8. The first-order valence-electron chi connectivity index (χ1n) is 8.15. The Morgan fingerprint density at radius 3 is 2.42 bits per heavy atom. The molecule has 124 valence electrons. The summed E-state index contributed by atoms with van der Waals surface area (Å²) >= 11 is 6.55. The maximum absolute atomic E-state index is 13.3. The average molecular weight is 340 g/mol. The molecule has 24 heavy (non-hydrogen) atoms. The lowest BCUT2D eigenvalue weighted by molar-refractivity contribution is -0.119. The predicted molar refractivity (Wildman–Crippen MR) is 101 cm³/mol. The van der Waals surface area contributed by atoms with Gasteiger partial charge in [-0.05, 0) is 50.5 Å². The Hall–Kier alpha value is -2.06. The average Bonchev–Trinajstić information content (AvgIpc) is 2.53. The van der Waals surface area contributed by atoms with Crippen molar-refractivity contribution in [1.29, 1.82) is 0 Å². The van der Waals surface area contributed by atoms with Gasteiger partial charge in [-0.1, -0.05) is 48.5 Å². The summed E-state index contributed by atoms with van der Waals surface area (Å²) in [5.74, 6) is -0.0940. The molecule has 2 nitrogen and oxygen atoms in total. The predicted octanol–water partition coefficient (Wildman–Crippen LogP) is 5.50. The summed E-state index contributed by atoms with van der Waals surface area (Å²) in [4.78, 5) is 15.1. The van der Waals surface area contributed by atoms with Crippen LogP contribution in [0.5, 0.6) is 0 Å². The van der Waals surface area contributed by atoms with E-state index >= 15 is 0 Å². The third kappa shape index (κ3) is 2.87. The maximum Gasteiger partial charge on any atom is 0.250 e. The number of alkyl halides is 1. The highest BCUT2D eigenvalue weighted by Crippen LogP contribution is 2.41. The van der Waals surface area contributed by atoms with Crippen molar-refractivity contribution in [3.8, 4) is 0 Å². The standard InChI is InChI=1S/C21H22ClNO/c1-14-10-11-17-15(2)13-21(3,4)23(18(17)12-14)20(24)19(22)16-8-6-5-7-9-16/h5-13,19H,1-4H3. The fourth-order valence-corrected chi connectivity index (χ4v) is 3.67. The molecule has 2 aromatic carbocycles. The fraction of sp³-hybridized carbons (Fsp3) is 0.286. The minimum atomic E-state index is -0.703. The molecule has 2 aromatic rings. The molecule has 0 radical (unpaired) electrons. The van der Waals surface area contributed by atoms with Gasteiger partial charge in [0.25, 0.3) is 0 Å². The van der Waals surface area contributed by atoms with Crippen LogP contribution in [0.2, 0.25) is 0 Å². The van der Waals surface area contributed by atoms with Gasteiger partial charge in [0.05, 0.1) is 11.2 Å². The normalized spacial score (nSPS) is 17.0. The topological polar surface area (TPSA) is 20.3 Å².